The number of allylic oxidation sites excluding steroid dienone is 2. The summed E-state index contributed by atoms with van der Waals surface area (Å²) < 4.78 is 0. The summed E-state index contributed by atoms with van der Waals surface area (Å²) >= 11 is 0. The number of aromatic nitrogens is 2. The fourth-order valence-corrected chi connectivity index (χ4v) is 2.55. The Labute approximate surface area is 110 Å². The van der Waals surface area contributed by atoms with Gasteiger partial charge in [-0.25, -0.2) is 9.97 Å². The SMILES string of the molecule is CCCc1c(NCC)ncnc1C1=CCCCC1. The van der Waals surface area contributed by atoms with Gasteiger partial charge in [0, 0.05) is 12.1 Å². The Bertz CT molecular complexity index is 424. The molecule has 0 amide bonds. The van der Waals surface area contributed by atoms with E-state index in [0.717, 1.165) is 25.2 Å². The van der Waals surface area contributed by atoms with Crippen LogP contribution in [0.1, 0.15) is 57.2 Å². The molecule has 0 unspecified atom stereocenters. The van der Waals surface area contributed by atoms with E-state index in [9.17, 15) is 0 Å². The third kappa shape index (κ3) is 2.89. The van der Waals surface area contributed by atoms with E-state index in [-0.39, 0.29) is 0 Å². The molecule has 1 aliphatic carbocycles. The predicted molar refractivity (Wildman–Crippen MR) is 76.6 cm³/mol. The molecule has 2 rings (SSSR count). The molecule has 1 aromatic heterocycles. The number of nitrogens with zero attached hydrogens (tertiary/aromatic N) is 2. The van der Waals surface area contributed by atoms with E-state index in [1.807, 2.05) is 0 Å². The Morgan fingerprint density at radius 3 is 2.78 bits per heavy atom. The van der Waals surface area contributed by atoms with E-state index >= 15 is 0 Å². The van der Waals surface area contributed by atoms with Gasteiger partial charge in [0.15, 0.2) is 0 Å². The van der Waals surface area contributed by atoms with Crippen LogP contribution in [0.4, 0.5) is 5.82 Å². The Hall–Kier alpha value is -1.38. The van der Waals surface area contributed by atoms with E-state index in [1.54, 1.807) is 6.33 Å². The molecule has 1 heterocycles. The minimum atomic E-state index is 0.909. The van der Waals surface area contributed by atoms with Gasteiger partial charge in [0.1, 0.15) is 12.1 Å². The van der Waals surface area contributed by atoms with Gasteiger partial charge in [0.25, 0.3) is 0 Å². The lowest BCUT2D eigenvalue weighted by Gasteiger charge is -2.17. The second kappa shape index (κ2) is 6.53. The highest BCUT2D eigenvalue weighted by molar-refractivity contribution is 5.69. The van der Waals surface area contributed by atoms with E-state index in [0.29, 0.717) is 0 Å². The van der Waals surface area contributed by atoms with Gasteiger partial charge in [0.2, 0.25) is 0 Å². The second-order valence-corrected chi connectivity index (χ2v) is 4.80. The maximum Gasteiger partial charge on any atom is 0.133 e. The van der Waals surface area contributed by atoms with E-state index in [1.165, 1.54) is 42.5 Å². The number of hydrogen-bond donors (Lipinski definition) is 1. The van der Waals surface area contributed by atoms with Gasteiger partial charge in [-0.2, -0.15) is 0 Å². The van der Waals surface area contributed by atoms with Crippen LogP contribution in [0.5, 0.6) is 0 Å². The molecule has 0 saturated heterocycles. The monoisotopic (exact) mass is 245 g/mol. The molecule has 3 nitrogen and oxygen atoms in total. The first-order valence-electron chi connectivity index (χ1n) is 7.14. The van der Waals surface area contributed by atoms with Crippen LogP contribution in [0.2, 0.25) is 0 Å². The summed E-state index contributed by atoms with van der Waals surface area (Å²) in [4.78, 5) is 8.94. The second-order valence-electron chi connectivity index (χ2n) is 4.80. The van der Waals surface area contributed by atoms with Gasteiger partial charge in [0.05, 0.1) is 5.69 Å². The molecule has 1 aliphatic rings. The predicted octanol–water partition coefficient (Wildman–Crippen LogP) is 3.82. The summed E-state index contributed by atoms with van der Waals surface area (Å²) in [6.07, 6.45) is 11.2. The summed E-state index contributed by atoms with van der Waals surface area (Å²) in [6, 6.07) is 0. The summed E-state index contributed by atoms with van der Waals surface area (Å²) in [5.41, 5.74) is 3.91. The third-order valence-electron chi connectivity index (χ3n) is 3.38. The largest absolute Gasteiger partial charge is 0.370 e. The summed E-state index contributed by atoms with van der Waals surface area (Å²) in [5, 5.41) is 3.36. The summed E-state index contributed by atoms with van der Waals surface area (Å²) in [7, 11) is 0. The normalized spacial score (nSPS) is 15.3. The minimum absolute atomic E-state index is 0.909. The van der Waals surface area contributed by atoms with Crippen molar-refractivity contribution in [2.75, 3.05) is 11.9 Å². The average molecular weight is 245 g/mol. The number of nitrogens with one attached hydrogen (secondary N) is 1. The third-order valence-corrected chi connectivity index (χ3v) is 3.38. The quantitative estimate of drug-likeness (QED) is 0.857. The lowest BCUT2D eigenvalue weighted by Crippen LogP contribution is -2.08. The lowest BCUT2D eigenvalue weighted by molar-refractivity contribution is 0.737. The van der Waals surface area contributed by atoms with E-state index in [4.69, 9.17) is 0 Å². The van der Waals surface area contributed by atoms with Gasteiger partial charge in [-0.05, 0) is 44.6 Å². The Balaban J connectivity index is 2.38. The zero-order chi connectivity index (χ0) is 12.8. The van der Waals surface area contributed by atoms with Crippen LogP contribution in [0.3, 0.4) is 0 Å². The Morgan fingerprint density at radius 1 is 1.22 bits per heavy atom. The summed E-state index contributed by atoms with van der Waals surface area (Å²) in [6.45, 7) is 5.23. The molecule has 1 N–H and O–H groups in total. The first-order chi connectivity index (χ1) is 8.86. The molecule has 0 fully saturated rings. The fraction of sp³-hybridized carbons (Fsp3) is 0.600. The number of hydrogen-bond acceptors (Lipinski definition) is 3. The van der Waals surface area contributed by atoms with Crippen LogP contribution in [0, 0.1) is 0 Å². The standard InChI is InChI=1S/C15H23N3/c1-3-8-13-14(12-9-6-5-7-10-12)17-11-18-15(13)16-4-2/h9,11H,3-8,10H2,1-2H3,(H,16,17,18). The van der Waals surface area contributed by atoms with Crippen molar-refractivity contribution in [3.63, 3.8) is 0 Å². The molecular formula is C15H23N3. The smallest absolute Gasteiger partial charge is 0.133 e. The lowest BCUT2D eigenvalue weighted by atomic mass is 9.93. The van der Waals surface area contributed by atoms with Crippen LogP contribution in [0.25, 0.3) is 5.57 Å². The van der Waals surface area contributed by atoms with Crippen molar-refractivity contribution in [2.24, 2.45) is 0 Å². The van der Waals surface area contributed by atoms with Crippen molar-refractivity contribution in [1.29, 1.82) is 0 Å². The highest BCUT2D eigenvalue weighted by atomic mass is 15.0. The van der Waals surface area contributed by atoms with Gasteiger partial charge in [-0.3, -0.25) is 0 Å². The highest BCUT2D eigenvalue weighted by Crippen LogP contribution is 2.30. The van der Waals surface area contributed by atoms with Crippen molar-refractivity contribution in [3.05, 3.63) is 23.7 Å². The molecule has 0 radical (unpaired) electrons. The van der Waals surface area contributed by atoms with Gasteiger partial charge >= 0.3 is 0 Å². The zero-order valence-electron chi connectivity index (χ0n) is 11.5. The molecule has 0 atom stereocenters. The highest BCUT2D eigenvalue weighted by Gasteiger charge is 2.15. The van der Waals surface area contributed by atoms with Gasteiger partial charge < -0.3 is 5.32 Å². The molecule has 0 aromatic carbocycles. The molecule has 0 saturated carbocycles. The van der Waals surface area contributed by atoms with Crippen LogP contribution >= 0.6 is 0 Å². The van der Waals surface area contributed by atoms with Crippen LogP contribution in [-0.2, 0) is 6.42 Å². The maximum atomic E-state index is 4.54. The first kappa shape index (κ1) is 13.1. The topological polar surface area (TPSA) is 37.8 Å². The molecule has 3 heteroatoms. The van der Waals surface area contributed by atoms with Crippen molar-refractivity contribution in [1.82, 2.24) is 9.97 Å². The van der Waals surface area contributed by atoms with Crippen molar-refractivity contribution < 1.29 is 0 Å². The van der Waals surface area contributed by atoms with Crippen molar-refractivity contribution in [3.8, 4) is 0 Å². The molecule has 1 aromatic rings. The van der Waals surface area contributed by atoms with Gasteiger partial charge in [-0.15, -0.1) is 0 Å². The van der Waals surface area contributed by atoms with Crippen LogP contribution in [0.15, 0.2) is 12.4 Å². The Morgan fingerprint density at radius 2 is 2.11 bits per heavy atom. The number of anilines is 1. The fourth-order valence-electron chi connectivity index (χ4n) is 2.55. The first-order valence-corrected chi connectivity index (χ1v) is 7.14. The average Bonchev–Trinajstić information content (AvgIpc) is 2.42. The van der Waals surface area contributed by atoms with Crippen molar-refractivity contribution >= 4 is 11.4 Å². The molecule has 18 heavy (non-hydrogen) atoms. The number of rotatable bonds is 5. The van der Waals surface area contributed by atoms with Crippen LogP contribution < -0.4 is 5.32 Å². The molecule has 0 aliphatic heterocycles. The van der Waals surface area contributed by atoms with E-state index in [2.05, 4.69) is 35.2 Å². The molecular weight excluding hydrogens is 222 g/mol. The maximum absolute atomic E-state index is 4.54. The minimum Gasteiger partial charge on any atom is -0.370 e. The molecule has 0 spiro atoms. The zero-order valence-corrected chi connectivity index (χ0v) is 11.5. The van der Waals surface area contributed by atoms with Crippen molar-refractivity contribution in [2.45, 2.75) is 52.4 Å². The Kier molecular flexibility index (Phi) is 4.73. The molecule has 0 bridgehead atoms. The van der Waals surface area contributed by atoms with Gasteiger partial charge in [-0.1, -0.05) is 19.4 Å². The molecule has 98 valence electrons. The summed E-state index contributed by atoms with van der Waals surface area (Å²) in [5.74, 6) is 1.02. The van der Waals surface area contributed by atoms with E-state index < -0.39 is 0 Å². The van der Waals surface area contributed by atoms with Crippen LogP contribution in [-0.4, -0.2) is 16.5 Å².